The Bertz CT molecular complexity index is 644. The van der Waals surface area contributed by atoms with Crippen LogP contribution >= 0.6 is 23.2 Å². The van der Waals surface area contributed by atoms with Crippen molar-refractivity contribution in [3.05, 3.63) is 40.4 Å². The van der Waals surface area contributed by atoms with E-state index in [9.17, 15) is 9.90 Å². The molecule has 0 bridgehead atoms. The van der Waals surface area contributed by atoms with Gasteiger partial charge in [0.1, 0.15) is 18.0 Å². The minimum Gasteiger partial charge on any atom is -0.489 e. The van der Waals surface area contributed by atoms with Crippen LogP contribution in [0.2, 0.25) is 10.0 Å². The van der Waals surface area contributed by atoms with E-state index in [2.05, 4.69) is 6.58 Å². The number of hydrogen-bond acceptors (Lipinski definition) is 4. The minimum absolute atomic E-state index is 0.304. The molecule has 1 rings (SSSR count). The average Bonchev–Trinajstić information content (AvgIpc) is 2.57. The zero-order chi connectivity index (χ0) is 20.6. The third kappa shape index (κ3) is 8.41. The predicted molar refractivity (Wildman–Crippen MR) is 110 cm³/mol. The Morgan fingerprint density at radius 1 is 1.30 bits per heavy atom. The summed E-state index contributed by atoms with van der Waals surface area (Å²) < 4.78 is 10.9. The second-order valence-electron chi connectivity index (χ2n) is 7.32. The Kier molecular flexibility index (Phi) is 9.43. The van der Waals surface area contributed by atoms with Crippen molar-refractivity contribution in [2.24, 2.45) is 0 Å². The molecule has 152 valence electrons. The molecule has 0 aliphatic carbocycles. The fourth-order valence-corrected chi connectivity index (χ4v) is 2.68. The highest BCUT2D eigenvalue weighted by molar-refractivity contribution is 6.42. The van der Waals surface area contributed by atoms with Crippen LogP contribution in [0.4, 0.5) is 4.79 Å². The van der Waals surface area contributed by atoms with Gasteiger partial charge < -0.3 is 19.5 Å². The fraction of sp³-hybridized carbons (Fsp3) is 0.550. The van der Waals surface area contributed by atoms with E-state index in [1.807, 2.05) is 20.8 Å². The first kappa shape index (κ1) is 23.6. The molecule has 0 aliphatic rings. The highest BCUT2D eigenvalue weighted by Crippen LogP contribution is 2.35. The van der Waals surface area contributed by atoms with E-state index in [1.54, 1.807) is 25.3 Å². The van der Waals surface area contributed by atoms with Gasteiger partial charge in [-0.05, 0) is 46.1 Å². The van der Waals surface area contributed by atoms with Crippen LogP contribution in [0.3, 0.4) is 0 Å². The summed E-state index contributed by atoms with van der Waals surface area (Å²) in [4.78, 5) is 13.5. The van der Waals surface area contributed by atoms with E-state index in [0.29, 0.717) is 40.9 Å². The van der Waals surface area contributed by atoms with Crippen LogP contribution in [-0.2, 0) is 4.74 Å². The number of aliphatic hydroxyl groups is 1. The number of halogens is 2. The van der Waals surface area contributed by atoms with Crippen molar-refractivity contribution in [1.29, 1.82) is 0 Å². The maximum Gasteiger partial charge on any atom is 0.410 e. The lowest BCUT2D eigenvalue weighted by Crippen LogP contribution is -2.34. The summed E-state index contributed by atoms with van der Waals surface area (Å²) in [6.45, 7) is 9.96. The molecule has 0 saturated heterocycles. The molecular formula is C20H29Cl2NO4. The van der Waals surface area contributed by atoms with Crippen molar-refractivity contribution in [2.75, 3.05) is 20.2 Å². The Morgan fingerprint density at radius 2 is 1.93 bits per heavy atom. The Balaban J connectivity index is 2.57. The van der Waals surface area contributed by atoms with Crippen molar-refractivity contribution in [1.82, 2.24) is 4.90 Å². The number of aliphatic hydroxyl groups excluding tert-OH is 1. The van der Waals surface area contributed by atoms with Crippen molar-refractivity contribution >= 4 is 29.3 Å². The molecule has 0 spiro atoms. The normalized spacial score (nSPS) is 12.4. The monoisotopic (exact) mass is 417 g/mol. The summed E-state index contributed by atoms with van der Waals surface area (Å²) in [6, 6.07) is 3.22. The first-order valence-electron chi connectivity index (χ1n) is 8.90. The molecular weight excluding hydrogens is 389 g/mol. The van der Waals surface area contributed by atoms with Gasteiger partial charge in [-0.1, -0.05) is 35.9 Å². The SMILES string of the molecule is C=CCOc1cc(Cl)c(Cl)cc1C(O)CCCCN(C)C(=O)OC(C)(C)C. The van der Waals surface area contributed by atoms with E-state index >= 15 is 0 Å². The van der Waals surface area contributed by atoms with Gasteiger partial charge in [-0.15, -0.1) is 0 Å². The van der Waals surface area contributed by atoms with Gasteiger partial charge in [-0.2, -0.15) is 0 Å². The van der Waals surface area contributed by atoms with Crippen molar-refractivity contribution in [3.8, 4) is 5.75 Å². The van der Waals surface area contributed by atoms with Gasteiger partial charge in [-0.3, -0.25) is 0 Å². The minimum atomic E-state index is -0.744. The highest BCUT2D eigenvalue weighted by Gasteiger charge is 2.20. The van der Waals surface area contributed by atoms with E-state index in [0.717, 1.165) is 12.8 Å². The Hall–Kier alpha value is -1.43. The molecule has 0 aliphatic heterocycles. The Morgan fingerprint density at radius 3 is 2.52 bits per heavy atom. The quantitative estimate of drug-likeness (QED) is 0.417. The number of hydrogen-bond donors (Lipinski definition) is 1. The van der Waals surface area contributed by atoms with E-state index < -0.39 is 11.7 Å². The number of ether oxygens (including phenoxy) is 2. The molecule has 5 nitrogen and oxygen atoms in total. The highest BCUT2D eigenvalue weighted by atomic mass is 35.5. The standard InChI is InChI=1S/C20H29Cl2NO4/c1-6-11-26-18-13-16(22)15(21)12-14(18)17(24)9-7-8-10-23(5)19(25)27-20(2,3)4/h6,12-13,17,24H,1,7-11H2,2-5H3. The molecule has 1 amide bonds. The maximum atomic E-state index is 11.9. The van der Waals surface area contributed by atoms with Gasteiger partial charge in [-0.25, -0.2) is 4.79 Å². The summed E-state index contributed by atoms with van der Waals surface area (Å²) in [5.74, 6) is 0.489. The van der Waals surface area contributed by atoms with Crippen LogP contribution in [0.1, 0.15) is 51.7 Å². The molecule has 1 aromatic rings. The molecule has 1 unspecified atom stereocenters. The van der Waals surface area contributed by atoms with Crippen molar-refractivity contribution in [3.63, 3.8) is 0 Å². The third-order valence-electron chi connectivity index (χ3n) is 3.69. The number of unbranched alkanes of at least 4 members (excludes halogenated alkanes) is 1. The summed E-state index contributed by atoms with van der Waals surface area (Å²) in [6.07, 6.45) is 2.47. The van der Waals surface area contributed by atoms with E-state index in [-0.39, 0.29) is 6.09 Å². The fourth-order valence-electron chi connectivity index (χ4n) is 2.35. The van der Waals surface area contributed by atoms with Gasteiger partial charge in [0.05, 0.1) is 16.1 Å². The number of nitrogens with zero attached hydrogens (tertiary/aromatic N) is 1. The number of carbonyl (C=O) groups is 1. The Labute approximate surface area is 171 Å². The number of rotatable bonds is 9. The average molecular weight is 418 g/mol. The smallest absolute Gasteiger partial charge is 0.410 e. The molecule has 1 N–H and O–H groups in total. The molecule has 0 aromatic heterocycles. The lowest BCUT2D eigenvalue weighted by atomic mass is 10.0. The van der Waals surface area contributed by atoms with Crippen molar-refractivity contribution < 1.29 is 19.4 Å². The lowest BCUT2D eigenvalue weighted by Gasteiger charge is -2.24. The predicted octanol–water partition coefficient (Wildman–Crippen LogP) is 5.63. The molecule has 0 heterocycles. The third-order valence-corrected chi connectivity index (χ3v) is 4.42. The molecule has 7 heteroatoms. The summed E-state index contributed by atoms with van der Waals surface area (Å²) in [5, 5.41) is 11.3. The van der Waals surface area contributed by atoms with Crippen LogP contribution in [0.25, 0.3) is 0 Å². The largest absolute Gasteiger partial charge is 0.489 e. The number of amides is 1. The zero-order valence-corrected chi connectivity index (χ0v) is 17.9. The van der Waals surface area contributed by atoms with Gasteiger partial charge >= 0.3 is 6.09 Å². The molecule has 0 radical (unpaired) electrons. The zero-order valence-electron chi connectivity index (χ0n) is 16.4. The van der Waals surface area contributed by atoms with Crippen LogP contribution in [-0.4, -0.2) is 41.9 Å². The molecule has 1 aromatic carbocycles. The summed E-state index contributed by atoms with van der Waals surface area (Å²) >= 11 is 12.1. The second kappa shape index (κ2) is 10.8. The first-order chi connectivity index (χ1) is 12.5. The summed E-state index contributed by atoms with van der Waals surface area (Å²) in [7, 11) is 1.70. The first-order valence-corrected chi connectivity index (χ1v) is 9.65. The topological polar surface area (TPSA) is 59.0 Å². The van der Waals surface area contributed by atoms with E-state index in [4.69, 9.17) is 32.7 Å². The number of benzene rings is 1. The molecule has 0 saturated carbocycles. The van der Waals surface area contributed by atoms with Gasteiger partial charge in [0.2, 0.25) is 0 Å². The van der Waals surface area contributed by atoms with Crippen LogP contribution in [0, 0.1) is 0 Å². The van der Waals surface area contributed by atoms with Gasteiger partial charge in [0.15, 0.2) is 0 Å². The van der Waals surface area contributed by atoms with Crippen LogP contribution < -0.4 is 4.74 Å². The molecule has 1 atom stereocenters. The lowest BCUT2D eigenvalue weighted by molar-refractivity contribution is 0.0295. The molecule has 27 heavy (non-hydrogen) atoms. The summed E-state index contributed by atoms with van der Waals surface area (Å²) in [5.41, 5.74) is 0.0729. The van der Waals surface area contributed by atoms with Gasteiger partial charge in [0, 0.05) is 25.2 Å². The van der Waals surface area contributed by atoms with Crippen LogP contribution in [0.15, 0.2) is 24.8 Å². The number of carbonyl (C=O) groups excluding carboxylic acids is 1. The van der Waals surface area contributed by atoms with Crippen LogP contribution in [0.5, 0.6) is 5.75 Å². The van der Waals surface area contributed by atoms with Crippen molar-refractivity contribution in [2.45, 2.75) is 51.7 Å². The molecule has 0 fully saturated rings. The second-order valence-corrected chi connectivity index (χ2v) is 8.13. The maximum absolute atomic E-state index is 11.9. The van der Waals surface area contributed by atoms with E-state index in [1.165, 1.54) is 4.90 Å². The van der Waals surface area contributed by atoms with Gasteiger partial charge in [0.25, 0.3) is 0 Å².